The number of hydrogen-bond acceptors (Lipinski definition) is 4. The monoisotopic (exact) mass is 455 g/mol. The Kier molecular flexibility index (Phi) is 6.86. The lowest BCUT2D eigenvalue weighted by molar-refractivity contribution is 0.0785. The molecule has 2 heterocycles. The molecule has 2 aromatic carbocycles. The normalized spacial score (nSPS) is 18.1. The van der Waals surface area contributed by atoms with Gasteiger partial charge in [0.15, 0.2) is 0 Å². The van der Waals surface area contributed by atoms with Gasteiger partial charge in [-0.15, -0.1) is 0 Å². The molecule has 2 aromatic rings. The number of benzene rings is 2. The Hall–Kier alpha value is -2.38. The van der Waals surface area contributed by atoms with Crippen LogP contribution in [0.4, 0.5) is 5.69 Å². The molecule has 32 heavy (non-hydrogen) atoms. The van der Waals surface area contributed by atoms with E-state index in [0.29, 0.717) is 31.1 Å². The van der Waals surface area contributed by atoms with E-state index >= 15 is 0 Å². The highest BCUT2D eigenvalue weighted by atomic mass is 32.2. The number of carbonyl (C=O) groups excluding carboxylic acids is 1. The molecule has 6 nitrogen and oxygen atoms in total. The van der Waals surface area contributed by atoms with Gasteiger partial charge in [0.25, 0.3) is 5.91 Å². The Labute approximate surface area is 191 Å². The summed E-state index contributed by atoms with van der Waals surface area (Å²) in [5.41, 5.74) is 2.82. The summed E-state index contributed by atoms with van der Waals surface area (Å²) in [7, 11) is -1.71. The van der Waals surface area contributed by atoms with E-state index in [1.807, 2.05) is 12.1 Å². The van der Waals surface area contributed by atoms with E-state index < -0.39 is 10.0 Å². The van der Waals surface area contributed by atoms with Gasteiger partial charge in [-0.05, 0) is 67.5 Å². The third-order valence-corrected chi connectivity index (χ3v) is 8.59. The van der Waals surface area contributed by atoms with Crippen LogP contribution in [0.15, 0.2) is 53.4 Å². The third-order valence-electron chi connectivity index (χ3n) is 6.67. The largest absolute Gasteiger partial charge is 0.371 e. The van der Waals surface area contributed by atoms with Gasteiger partial charge in [0, 0.05) is 51.0 Å². The number of piperidine rings is 1. The van der Waals surface area contributed by atoms with Crippen molar-refractivity contribution < 1.29 is 13.2 Å². The fourth-order valence-corrected chi connectivity index (χ4v) is 6.07. The van der Waals surface area contributed by atoms with Gasteiger partial charge in [0.05, 0.1) is 4.90 Å². The van der Waals surface area contributed by atoms with Gasteiger partial charge in [0.1, 0.15) is 0 Å². The number of para-hydroxylation sites is 1. The number of anilines is 1. The molecule has 2 aliphatic heterocycles. The van der Waals surface area contributed by atoms with Gasteiger partial charge >= 0.3 is 0 Å². The van der Waals surface area contributed by atoms with Crippen molar-refractivity contribution >= 4 is 21.6 Å². The summed E-state index contributed by atoms with van der Waals surface area (Å²) in [6, 6.07) is 14.6. The Morgan fingerprint density at radius 2 is 1.59 bits per heavy atom. The molecule has 0 N–H and O–H groups in total. The number of hydrogen-bond donors (Lipinski definition) is 0. The molecule has 4 rings (SSSR count). The van der Waals surface area contributed by atoms with Crippen LogP contribution in [-0.2, 0) is 16.6 Å². The highest BCUT2D eigenvalue weighted by Gasteiger charge is 2.28. The first-order chi connectivity index (χ1) is 15.4. The van der Waals surface area contributed by atoms with Crippen LogP contribution in [0, 0.1) is 5.92 Å². The zero-order valence-corrected chi connectivity index (χ0v) is 19.9. The molecular formula is C25H33N3O3S. The summed E-state index contributed by atoms with van der Waals surface area (Å²) in [6.07, 6.45) is 4.18. The zero-order chi connectivity index (χ0) is 22.7. The SMILES string of the molecule is CC1CCN(S(=O)(=O)c2ccc(C(=O)N(C)Cc3ccccc3N3CCCC3)cc2)CC1. The lowest BCUT2D eigenvalue weighted by Crippen LogP contribution is -2.37. The van der Waals surface area contributed by atoms with Crippen molar-refractivity contribution in [1.29, 1.82) is 0 Å². The van der Waals surface area contributed by atoms with Crippen molar-refractivity contribution in [3.05, 3.63) is 59.7 Å². The van der Waals surface area contributed by atoms with Gasteiger partial charge in [-0.25, -0.2) is 8.42 Å². The molecule has 0 aliphatic carbocycles. The summed E-state index contributed by atoms with van der Waals surface area (Å²) in [5, 5.41) is 0. The summed E-state index contributed by atoms with van der Waals surface area (Å²) in [6.45, 7) is 5.90. The maximum atomic E-state index is 13.0. The molecule has 0 radical (unpaired) electrons. The standard InChI is InChI=1S/C25H33N3O3S/c1-20-13-17-28(18-14-20)32(30,31)23-11-9-21(10-12-23)25(29)26(2)19-22-7-3-4-8-24(22)27-15-5-6-16-27/h3-4,7-12,20H,5-6,13-19H2,1-2H3. The molecule has 0 unspecified atom stereocenters. The summed E-state index contributed by atoms with van der Waals surface area (Å²) >= 11 is 0. The second-order valence-corrected chi connectivity index (χ2v) is 11.0. The molecule has 0 bridgehead atoms. The quantitative estimate of drug-likeness (QED) is 0.661. The first kappa shape index (κ1) is 22.8. The molecule has 0 saturated carbocycles. The summed E-state index contributed by atoms with van der Waals surface area (Å²) < 4.78 is 27.4. The Bertz CT molecular complexity index is 1040. The predicted octanol–water partition coefficient (Wildman–Crippen LogP) is 3.98. The highest BCUT2D eigenvalue weighted by Crippen LogP contribution is 2.26. The van der Waals surface area contributed by atoms with E-state index in [1.165, 1.54) is 18.5 Å². The van der Waals surface area contributed by atoms with Crippen LogP contribution in [0.25, 0.3) is 0 Å². The van der Waals surface area contributed by atoms with Gasteiger partial charge in [-0.2, -0.15) is 4.31 Å². The minimum Gasteiger partial charge on any atom is -0.371 e. The highest BCUT2D eigenvalue weighted by molar-refractivity contribution is 7.89. The zero-order valence-electron chi connectivity index (χ0n) is 19.0. The smallest absolute Gasteiger partial charge is 0.253 e. The average Bonchev–Trinajstić information content (AvgIpc) is 3.34. The lowest BCUT2D eigenvalue weighted by atomic mass is 10.0. The van der Waals surface area contributed by atoms with E-state index in [4.69, 9.17) is 0 Å². The molecule has 0 aromatic heterocycles. The van der Waals surface area contributed by atoms with Crippen molar-refractivity contribution in [3.8, 4) is 0 Å². The van der Waals surface area contributed by atoms with Crippen molar-refractivity contribution in [2.45, 2.75) is 44.0 Å². The molecule has 172 valence electrons. The molecule has 1 amide bonds. The molecule has 0 spiro atoms. The van der Waals surface area contributed by atoms with Crippen molar-refractivity contribution in [3.63, 3.8) is 0 Å². The van der Waals surface area contributed by atoms with Crippen LogP contribution >= 0.6 is 0 Å². The average molecular weight is 456 g/mol. The van der Waals surface area contributed by atoms with Crippen LogP contribution in [0.3, 0.4) is 0 Å². The number of carbonyl (C=O) groups is 1. The van der Waals surface area contributed by atoms with Crippen LogP contribution in [0.5, 0.6) is 0 Å². The molecular weight excluding hydrogens is 422 g/mol. The van der Waals surface area contributed by atoms with E-state index in [-0.39, 0.29) is 10.8 Å². The van der Waals surface area contributed by atoms with Crippen LogP contribution in [0.1, 0.15) is 48.5 Å². The Morgan fingerprint density at radius 1 is 0.969 bits per heavy atom. The Balaban J connectivity index is 1.45. The van der Waals surface area contributed by atoms with E-state index in [1.54, 1.807) is 40.5 Å². The topological polar surface area (TPSA) is 60.9 Å². The van der Waals surface area contributed by atoms with Crippen molar-refractivity contribution in [2.75, 3.05) is 38.1 Å². The minimum atomic E-state index is -3.51. The van der Waals surface area contributed by atoms with E-state index in [9.17, 15) is 13.2 Å². The van der Waals surface area contributed by atoms with E-state index in [2.05, 4.69) is 24.0 Å². The van der Waals surface area contributed by atoms with Gasteiger partial charge in [-0.1, -0.05) is 25.1 Å². The molecule has 0 atom stereocenters. The summed E-state index contributed by atoms with van der Waals surface area (Å²) in [5.74, 6) is 0.449. The second kappa shape index (κ2) is 9.63. The maximum absolute atomic E-state index is 13.0. The predicted molar refractivity (Wildman–Crippen MR) is 127 cm³/mol. The number of amides is 1. The van der Waals surface area contributed by atoms with Gasteiger partial charge in [-0.3, -0.25) is 4.79 Å². The molecule has 2 saturated heterocycles. The fraction of sp³-hybridized carbons (Fsp3) is 0.480. The fourth-order valence-electron chi connectivity index (χ4n) is 4.60. The maximum Gasteiger partial charge on any atom is 0.253 e. The van der Waals surface area contributed by atoms with E-state index in [0.717, 1.165) is 31.5 Å². The molecule has 2 aliphatic rings. The van der Waals surface area contributed by atoms with Crippen LogP contribution in [0.2, 0.25) is 0 Å². The van der Waals surface area contributed by atoms with Crippen molar-refractivity contribution in [1.82, 2.24) is 9.21 Å². The van der Waals surface area contributed by atoms with Gasteiger partial charge < -0.3 is 9.80 Å². The Morgan fingerprint density at radius 3 is 2.25 bits per heavy atom. The van der Waals surface area contributed by atoms with Gasteiger partial charge in [0.2, 0.25) is 10.0 Å². The molecule has 7 heteroatoms. The minimum absolute atomic E-state index is 0.114. The second-order valence-electron chi connectivity index (χ2n) is 9.10. The number of rotatable bonds is 6. The van der Waals surface area contributed by atoms with Crippen LogP contribution < -0.4 is 4.90 Å². The number of sulfonamides is 1. The first-order valence-corrected chi connectivity index (χ1v) is 13.0. The summed E-state index contributed by atoms with van der Waals surface area (Å²) in [4.78, 5) is 17.4. The lowest BCUT2D eigenvalue weighted by Gasteiger charge is -2.29. The number of nitrogens with zero attached hydrogens (tertiary/aromatic N) is 3. The van der Waals surface area contributed by atoms with Crippen molar-refractivity contribution in [2.24, 2.45) is 5.92 Å². The third kappa shape index (κ3) is 4.84. The first-order valence-electron chi connectivity index (χ1n) is 11.5. The van der Waals surface area contributed by atoms with Crippen LogP contribution in [-0.4, -0.2) is 56.8 Å². The molecule has 2 fully saturated rings.